The first-order valence-corrected chi connectivity index (χ1v) is 17.3. The molecule has 0 fully saturated rings. The van der Waals surface area contributed by atoms with E-state index in [9.17, 15) is 22.8 Å². The van der Waals surface area contributed by atoms with Gasteiger partial charge in [0, 0.05) is 25.1 Å². The van der Waals surface area contributed by atoms with Gasteiger partial charge in [0.15, 0.2) is 5.78 Å². The Morgan fingerprint density at radius 3 is 2.40 bits per heavy atom. The Balaban J connectivity index is 1.38. The molecule has 1 N–H and O–H groups in total. The minimum Gasteiger partial charge on any atom is -0.334 e. The summed E-state index contributed by atoms with van der Waals surface area (Å²) in [6.07, 6.45) is 2.47. The average molecular weight is 669 g/mol. The summed E-state index contributed by atoms with van der Waals surface area (Å²) >= 11 is 6.59. The zero-order valence-electron chi connectivity index (χ0n) is 26.0. The molecule has 0 saturated heterocycles. The number of nitrogens with zero attached hydrogens (tertiary/aromatic N) is 3. The van der Waals surface area contributed by atoms with Gasteiger partial charge in [0.1, 0.15) is 5.69 Å². The maximum Gasteiger partial charge on any atom is 0.265 e. The van der Waals surface area contributed by atoms with Crippen LogP contribution in [0.4, 0.5) is 0 Å². The van der Waals surface area contributed by atoms with Gasteiger partial charge in [-0.15, -0.1) is 0 Å². The first-order valence-electron chi connectivity index (χ1n) is 15.4. The summed E-state index contributed by atoms with van der Waals surface area (Å²) in [6.45, 7) is 4.50. The van der Waals surface area contributed by atoms with Crippen LogP contribution in [0.25, 0.3) is 16.5 Å². The molecule has 9 nitrogen and oxygen atoms in total. The van der Waals surface area contributed by atoms with E-state index in [-0.39, 0.29) is 44.9 Å². The molecule has 4 aromatic carbocycles. The molecule has 1 aliphatic rings. The number of nitrogens with one attached hydrogen (secondary N) is 1. The van der Waals surface area contributed by atoms with Crippen molar-refractivity contribution in [2.45, 2.75) is 51.0 Å². The number of fused-ring (bicyclic) bond motifs is 2. The third-order valence-corrected chi connectivity index (χ3v) is 10.2. The molecular weight excluding hydrogens is 636 g/mol. The molecule has 2 amide bonds. The molecular formula is C36H33ClN4O5S. The third-order valence-electron chi connectivity index (χ3n) is 8.46. The summed E-state index contributed by atoms with van der Waals surface area (Å²) < 4.78 is 30.2. The summed E-state index contributed by atoms with van der Waals surface area (Å²) in [5, 5.41) is 6.29. The highest BCUT2D eigenvalue weighted by Gasteiger charge is 2.28. The monoisotopic (exact) mass is 668 g/mol. The van der Waals surface area contributed by atoms with Crippen molar-refractivity contribution in [2.24, 2.45) is 0 Å². The quantitative estimate of drug-likeness (QED) is 0.175. The van der Waals surface area contributed by atoms with Gasteiger partial charge in [-0.2, -0.15) is 5.10 Å². The fourth-order valence-corrected chi connectivity index (χ4v) is 7.03. The third kappa shape index (κ3) is 6.43. The van der Waals surface area contributed by atoms with Crippen LogP contribution in [0.5, 0.6) is 0 Å². The summed E-state index contributed by atoms with van der Waals surface area (Å²) in [5.41, 5.74) is 3.16. The Morgan fingerprint density at radius 2 is 1.64 bits per heavy atom. The van der Waals surface area contributed by atoms with Gasteiger partial charge in [0.25, 0.3) is 21.8 Å². The number of aromatic nitrogens is 2. The van der Waals surface area contributed by atoms with E-state index in [2.05, 4.69) is 9.82 Å². The lowest BCUT2D eigenvalue weighted by atomic mass is 9.98. The van der Waals surface area contributed by atoms with Crippen LogP contribution >= 0.6 is 11.6 Å². The van der Waals surface area contributed by atoms with Gasteiger partial charge in [0.2, 0.25) is 0 Å². The van der Waals surface area contributed by atoms with Crippen molar-refractivity contribution in [3.05, 3.63) is 124 Å². The number of hydrogen-bond acceptors (Lipinski definition) is 6. The van der Waals surface area contributed by atoms with Crippen molar-refractivity contribution in [2.75, 3.05) is 6.54 Å². The molecule has 2 heterocycles. The minimum atomic E-state index is -4.24. The zero-order chi connectivity index (χ0) is 33.3. The lowest BCUT2D eigenvalue weighted by molar-refractivity contribution is 0.0734. The van der Waals surface area contributed by atoms with Gasteiger partial charge in [-0.05, 0) is 72.0 Å². The van der Waals surface area contributed by atoms with E-state index >= 15 is 0 Å². The van der Waals surface area contributed by atoms with Crippen molar-refractivity contribution in [3.63, 3.8) is 0 Å². The second-order valence-corrected chi connectivity index (χ2v) is 13.7. The van der Waals surface area contributed by atoms with Crippen molar-refractivity contribution >= 4 is 50.0 Å². The molecule has 11 heteroatoms. The van der Waals surface area contributed by atoms with Crippen LogP contribution in [0.1, 0.15) is 74.2 Å². The number of ketones is 1. The van der Waals surface area contributed by atoms with Gasteiger partial charge in [-0.25, -0.2) is 17.8 Å². The van der Waals surface area contributed by atoms with E-state index in [1.165, 1.54) is 35.0 Å². The summed E-state index contributed by atoms with van der Waals surface area (Å²) in [4.78, 5) is 42.2. The standard InChI is InChI=1S/C36H33ClN4O5S/c1-3-4-13-32(42)34-33(37)23(2)41(38-34)31-17-15-27(21-30(31)36(44)40-19-18-25-10-6-8-12-28(25)22-40)35(43)39-47(45,46)29-16-14-24-9-5-7-11-26(24)20-29/h5-12,14-17,20-21H,3-4,13,18-19,22H2,1-2H3,(H,39,43). The van der Waals surface area contributed by atoms with E-state index in [1.807, 2.05) is 43.3 Å². The van der Waals surface area contributed by atoms with E-state index in [1.54, 1.807) is 30.0 Å². The number of sulfonamides is 1. The smallest absolute Gasteiger partial charge is 0.265 e. The summed E-state index contributed by atoms with van der Waals surface area (Å²) in [7, 11) is -4.24. The van der Waals surface area contributed by atoms with Crippen molar-refractivity contribution < 1.29 is 22.8 Å². The number of halogens is 1. The number of carbonyl (C=O) groups excluding carboxylic acids is 3. The van der Waals surface area contributed by atoms with Crippen LogP contribution in [0.15, 0.2) is 89.8 Å². The number of unbranched alkanes of at least 4 members (excludes halogenated alkanes) is 1. The number of Topliss-reactive ketones (excluding diaryl/α,β-unsaturated/α-hetero) is 1. The molecule has 0 saturated carbocycles. The number of amides is 2. The van der Waals surface area contributed by atoms with Crippen molar-refractivity contribution in [1.29, 1.82) is 0 Å². The lowest BCUT2D eigenvalue weighted by Gasteiger charge is -2.29. The number of benzene rings is 4. The van der Waals surface area contributed by atoms with Gasteiger partial charge >= 0.3 is 0 Å². The Morgan fingerprint density at radius 1 is 0.915 bits per heavy atom. The fourth-order valence-electron chi connectivity index (χ4n) is 5.80. The predicted octanol–water partition coefficient (Wildman–Crippen LogP) is 6.68. The van der Waals surface area contributed by atoms with Crippen molar-refractivity contribution in [1.82, 2.24) is 19.4 Å². The Hall–Kier alpha value is -4.80. The SMILES string of the molecule is CCCCC(=O)c1nn(-c2ccc(C(=O)NS(=O)(=O)c3ccc4ccccc4c3)cc2C(=O)N2CCc3ccccc3C2)c(C)c1Cl. The molecule has 0 unspecified atom stereocenters. The molecule has 240 valence electrons. The maximum atomic E-state index is 14.2. The van der Waals surface area contributed by atoms with Crippen LogP contribution in [0.3, 0.4) is 0 Å². The van der Waals surface area contributed by atoms with E-state index < -0.39 is 15.9 Å². The number of carbonyl (C=O) groups is 3. The van der Waals surface area contributed by atoms with Gasteiger partial charge in [0.05, 0.1) is 26.9 Å². The van der Waals surface area contributed by atoms with Crippen LogP contribution in [0, 0.1) is 6.92 Å². The van der Waals surface area contributed by atoms with Gasteiger partial charge < -0.3 is 4.90 Å². The minimum absolute atomic E-state index is 0.0333. The van der Waals surface area contributed by atoms with Crippen LogP contribution < -0.4 is 4.72 Å². The number of hydrogen-bond donors (Lipinski definition) is 1. The topological polar surface area (TPSA) is 118 Å². The summed E-state index contributed by atoms with van der Waals surface area (Å²) in [6, 6.07) is 24.2. The molecule has 0 spiro atoms. The average Bonchev–Trinajstić information content (AvgIpc) is 3.39. The molecule has 6 rings (SSSR count). The van der Waals surface area contributed by atoms with Crippen LogP contribution in [0.2, 0.25) is 5.02 Å². The molecule has 0 radical (unpaired) electrons. The summed E-state index contributed by atoms with van der Waals surface area (Å²) in [5.74, 6) is -1.46. The highest BCUT2D eigenvalue weighted by Crippen LogP contribution is 2.29. The highest BCUT2D eigenvalue weighted by molar-refractivity contribution is 7.90. The highest BCUT2D eigenvalue weighted by atomic mass is 35.5. The van der Waals surface area contributed by atoms with Crippen molar-refractivity contribution in [3.8, 4) is 5.69 Å². The number of rotatable bonds is 9. The molecule has 0 bridgehead atoms. The van der Waals surface area contributed by atoms with E-state index in [4.69, 9.17) is 11.6 Å². The zero-order valence-corrected chi connectivity index (χ0v) is 27.6. The molecule has 0 atom stereocenters. The Kier molecular flexibility index (Phi) is 8.98. The van der Waals surface area contributed by atoms with Gasteiger partial charge in [-0.3, -0.25) is 14.4 Å². The Labute approximate surface area is 278 Å². The molecule has 5 aromatic rings. The fraction of sp³-hybridized carbons (Fsp3) is 0.222. The first kappa shape index (κ1) is 32.2. The maximum absolute atomic E-state index is 14.2. The Bertz CT molecular complexity index is 2160. The molecule has 47 heavy (non-hydrogen) atoms. The molecule has 1 aliphatic heterocycles. The van der Waals surface area contributed by atoms with Crippen LogP contribution in [-0.2, 0) is 23.0 Å². The normalized spacial score (nSPS) is 13.0. The predicted molar refractivity (Wildman–Crippen MR) is 181 cm³/mol. The second kappa shape index (κ2) is 13.1. The molecule has 0 aliphatic carbocycles. The van der Waals surface area contributed by atoms with E-state index in [0.717, 1.165) is 22.9 Å². The largest absolute Gasteiger partial charge is 0.334 e. The van der Waals surface area contributed by atoms with Crippen LogP contribution in [-0.4, -0.2) is 47.2 Å². The first-order chi connectivity index (χ1) is 22.6. The van der Waals surface area contributed by atoms with Gasteiger partial charge in [-0.1, -0.05) is 79.5 Å². The lowest BCUT2D eigenvalue weighted by Crippen LogP contribution is -2.37. The second-order valence-electron chi connectivity index (χ2n) is 11.6. The molecule has 1 aromatic heterocycles. The van der Waals surface area contributed by atoms with E-state index in [0.29, 0.717) is 42.7 Å².